The number of ether oxygens (including phenoxy) is 2. The van der Waals surface area contributed by atoms with Gasteiger partial charge in [0.25, 0.3) is 5.91 Å². The number of anilines is 2. The van der Waals surface area contributed by atoms with Crippen molar-refractivity contribution in [3.05, 3.63) is 42.0 Å². The third kappa shape index (κ3) is 5.14. The van der Waals surface area contributed by atoms with E-state index in [0.717, 1.165) is 39.4 Å². The van der Waals surface area contributed by atoms with Crippen LogP contribution in [0.2, 0.25) is 0 Å². The topological polar surface area (TPSA) is 88.6 Å². The van der Waals surface area contributed by atoms with Gasteiger partial charge in [-0.1, -0.05) is 6.07 Å². The molecule has 2 aromatic rings. The van der Waals surface area contributed by atoms with E-state index >= 15 is 0 Å². The van der Waals surface area contributed by atoms with Crippen LogP contribution in [0.15, 0.2) is 36.4 Å². The maximum atomic E-state index is 12.2. The normalized spacial score (nSPS) is 14.7. The summed E-state index contributed by atoms with van der Waals surface area (Å²) in [4.78, 5) is 14.6. The Balaban J connectivity index is 1.48. The van der Waals surface area contributed by atoms with Gasteiger partial charge in [-0.2, -0.15) is 0 Å². The van der Waals surface area contributed by atoms with E-state index in [1.54, 1.807) is 43.5 Å². The molecule has 1 aliphatic heterocycles. The number of hydrogen-bond donors (Lipinski definition) is 2. The number of hydrogen-bond acceptors (Lipinski definition) is 7. The van der Waals surface area contributed by atoms with E-state index < -0.39 is 0 Å². The zero-order valence-electron chi connectivity index (χ0n) is 14.8. The van der Waals surface area contributed by atoms with Gasteiger partial charge in [-0.25, -0.2) is 0 Å². The second-order valence-electron chi connectivity index (χ2n) is 5.87. The molecule has 1 fully saturated rings. The predicted octanol–water partition coefficient (Wildman–Crippen LogP) is 1.48. The van der Waals surface area contributed by atoms with E-state index in [4.69, 9.17) is 9.47 Å². The number of carbonyl (C=O) groups excluding carboxylic acids is 1. The molecule has 0 atom stereocenters. The van der Waals surface area contributed by atoms with Crippen LogP contribution >= 0.6 is 0 Å². The van der Waals surface area contributed by atoms with Gasteiger partial charge >= 0.3 is 0 Å². The number of morpholine rings is 1. The van der Waals surface area contributed by atoms with Crippen LogP contribution in [0.25, 0.3) is 0 Å². The third-order valence-electron chi connectivity index (χ3n) is 4.08. The Morgan fingerprint density at radius 1 is 1.19 bits per heavy atom. The molecule has 26 heavy (non-hydrogen) atoms. The van der Waals surface area contributed by atoms with Crippen LogP contribution in [-0.4, -0.2) is 67.5 Å². The maximum absolute atomic E-state index is 12.2. The van der Waals surface area contributed by atoms with Gasteiger partial charge in [0.1, 0.15) is 11.6 Å². The monoisotopic (exact) mass is 357 g/mol. The number of methoxy groups -OCH3 is 1. The number of nitrogens with one attached hydrogen (secondary N) is 2. The van der Waals surface area contributed by atoms with Gasteiger partial charge in [0.2, 0.25) is 0 Å². The fourth-order valence-corrected chi connectivity index (χ4v) is 2.61. The van der Waals surface area contributed by atoms with Crippen molar-refractivity contribution in [3.8, 4) is 5.75 Å². The molecule has 3 rings (SSSR count). The lowest BCUT2D eigenvalue weighted by Crippen LogP contribution is -2.39. The summed E-state index contributed by atoms with van der Waals surface area (Å²) in [6.07, 6.45) is 0. The van der Waals surface area contributed by atoms with Crippen molar-refractivity contribution < 1.29 is 14.3 Å². The Morgan fingerprint density at radius 2 is 1.96 bits per heavy atom. The summed E-state index contributed by atoms with van der Waals surface area (Å²) in [5.74, 6) is 1.45. The van der Waals surface area contributed by atoms with Gasteiger partial charge in [-0.15, -0.1) is 10.2 Å². The second-order valence-corrected chi connectivity index (χ2v) is 5.87. The zero-order chi connectivity index (χ0) is 18.2. The van der Waals surface area contributed by atoms with E-state index in [1.807, 2.05) is 0 Å². The Bertz CT molecular complexity index is 717. The first-order valence-electron chi connectivity index (χ1n) is 8.58. The molecular weight excluding hydrogens is 334 g/mol. The van der Waals surface area contributed by atoms with E-state index in [2.05, 4.69) is 25.7 Å². The summed E-state index contributed by atoms with van der Waals surface area (Å²) in [7, 11) is 1.56. The molecule has 1 saturated heterocycles. The average Bonchev–Trinajstić information content (AvgIpc) is 2.70. The van der Waals surface area contributed by atoms with Gasteiger partial charge in [0.05, 0.1) is 20.3 Å². The summed E-state index contributed by atoms with van der Waals surface area (Å²) < 4.78 is 10.5. The Labute approximate surface area is 152 Å². The maximum Gasteiger partial charge on any atom is 0.256 e. The van der Waals surface area contributed by atoms with Gasteiger partial charge < -0.3 is 20.1 Å². The Kier molecular flexibility index (Phi) is 6.34. The van der Waals surface area contributed by atoms with Crippen molar-refractivity contribution in [1.29, 1.82) is 0 Å². The standard InChI is InChI=1S/C18H23N5O3/c1-25-15-4-2-3-14(13-15)18(24)20-17-6-5-16(21-22-17)19-7-8-23-9-11-26-12-10-23/h2-6,13H,7-12H2,1H3,(H,19,21)(H,20,22,24). The van der Waals surface area contributed by atoms with Crippen molar-refractivity contribution in [1.82, 2.24) is 15.1 Å². The fraction of sp³-hybridized carbons (Fsp3) is 0.389. The first kappa shape index (κ1) is 18.1. The van der Waals surface area contributed by atoms with E-state index in [1.165, 1.54) is 0 Å². The number of carbonyl (C=O) groups is 1. The van der Waals surface area contributed by atoms with Gasteiger partial charge in [0, 0.05) is 31.7 Å². The van der Waals surface area contributed by atoms with Gasteiger partial charge in [-0.05, 0) is 30.3 Å². The smallest absolute Gasteiger partial charge is 0.256 e. The molecule has 0 spiro atoms. The molecule has 2 heterocycles. The Morgan fingerprint density at radius 3 is 2.69 bits per heavy atom. The molecule has 0 aliphatic carbocycles. The Hall–Kier alpha value is -2.71. The highest BCUT2D eigenvalue weighted by molar-refractivity contribution is 6.03. The summed E-state index contributed by atoms with van der Waals surface area (Å²) >= 11 is 0. The highest BCUT2D eigenvalue weighted by Gasteiger charge is 2.10. The van der Waals surface area contributed by atoms with Crippen LogP contribution < -0.4 is 15.4 Å². The molecule has 0 bridgehead atoms. The molecule has 0 saturated carbocycles. The lowest BCUT2D eigenvalue weighted by Gasteiger charge is -2.26. The second kappa shape index (κ2) is 9.12. The SMILES string of the molecule is COc1cccc(C(=O)Nc2ccc(NCCN3CCOCC3)nn2)c1. The molecule has 0 radical (unpaired) electrons. The summed E-state index contributed by atoms with van der Waals surface area (Å²) in [5.41, 5.74) is 0.499. The minimum atomic E-state index is -0.258. The van der Waals surface area contributed by atoms with Crippen molar-refractivity contribution in [2.75, 3.05) is 57.1 Å². The molecule has 1 aromatic carbocycles. The number of nitrogens with zero attached hydrogens (tertiary/aromatic N) is 3. The number of rotatable bonds is 7. The quantitative estimate of drug-likeness (QED) is 0.776. The molecule has 1 aliphatic rings. The predicted molar refractivity (Wildman–Crippen MR) is 98.7 cm³/mol. The summed E-state index contributed by atoms with van der Waals surface area (Å²) in [6, 6.07) is 10.5. The highest BCUT2D eigenvalue weighted by Crippen LogP contribution is 2.14. The highest BCUT2D eigenvalue weighted by atomic mass is 16.5. The molecule has 8 heteroatoms. The average molecular weight is 357 g/mol. The van der Waals surface area contributed by atoms with Crippen molar-refractivity contribution in [2.45, 2.75) is 0 Å². The number of benzene rings is 1. The van der Waals surface area contributed by atoms with E-state index in [9.17, 15) is 4.79 Å². The van der Waals surface area contributed by atoms with Crippen LogP contribution in [0.5, 0.6) is 5.75 Å². The van der Waals surface area contributed by atoms with Crippen molar-refractivity contribution in [3.63, 3.8) is 0 Å². The van der Waals surface area contributed by atoms with Crippen LogP contribution in [0.1, 0.15) is 10.4 Å². The first-order chi connectivity index (χ1) is 12.7. The van der Waals surface area contributed by atoms with Gasteiger partial charge in [-0.3, -0.25) is 9.69 Å². The summed E-state index contributed by atoms with van der Waals surface area (Å²) in [6.45, 7) is 5.22. The van der Waals surface area contributed by atoms with Gasteiger partial charge in [0.15, 0.2) is 5.82 Å². The molecular formula is C18H23N5O3. The summed E-state index contributed by atoms with van der Waals surface area (Å²) in [5, 5.41) is 14.1. The third-order valence-corrected chi connectivity index (χ3v) is 4.08. The zero-order valence-corrected chi connectivity index (χ0v) is 14.8. The molecule has 138 valence electrons. The van der Waals surface area contributed by atoms with Crippen molar-refractivity contribution >= 4 is 17.5 Å². The van der Waals surface area contributed by atoms with Crippen LogP contribution in [0.4, 0.5) is 11.6 Å². The number of amides is 1. The van der Waals surface area contributed by atoms with Crippen LogP contribution in [0, 0.1) is 0 Å². The van der Waals surface area contributed by atoms with Crippen LogP contribution in [0.3, 0.4) is 0 Å². The van der Waals surface area contributed by atoms with Crippen molar-refractivity contribution in [2.24, 2.45) is 0 Å². The first-order valence-corrected chi connectivity index (χ1v) is 8.58. The largest absolute Gasteiger partial charge is 0.497 e. The molecule has 1 aromatic heterocycles. The van der Waals surface area contributed by atoms with E-state index in [0.29, 0.717) is 22.9 Å². The molecule has 8 nitrogen and oxygen atoms in total. The minimum absolute atomic E-state index is 0.258. The van der Waals surface area contributed by atoms with Crippen LogP contribution in [-0.2, 0) is 4.74 Å². The molecule has 1 amide bonds. The number of aromatic nitrogens is 2. The molecule has 2 N–H and O–H groups in total. The fourth-order valence-electron chi connectivity index (χ4n) is 2.61. The van der Waals surface area contributed by atoms with E-state index in [-0.39, 0.29) is 5.91 Å². The minimum Gasteiger partial charge on any atom is -0.497 e. The lowest BCUT2D eigenvalue weighted by molar-refractivity contribution is 0.0398. The lowest BCUT2D eigenvalue weighted by atomic mass is 10.2. The molecule has 0 unspecified atom stereocenters.